The summed E-state index contributed by atoms with van der Waals surface area (Å²) in [7, 11) is 0. The van der Waals surface area contributed by atoms with Crippen LogP contribution in [0.1, 0.15) is 18.5 Å². The Hall–Kier alpha value is -1.16. The highest BCUT2D eigenvalue weighted by molar-refractivity contribution is 8.00. The minimum Gasteiger partial charge on any atom is -0.399 e. The third kappa shape index (κ3) is 1.89. The Labute approximate surface area is 99.1 Å². The summed E-state index contributed by atoms with van der Waals surface area (Å²) in [4.78, 5) is 4.61. The van der Waals surface area contributed by atoms with Gasteiger partial charge in [0.25, 0.3) is 0 Å². The fourth-order valence-corrected chi connectivity index (χ4v) is 3.48. The van der Waals surface area contributed by atoms with Gasteiger partial charge in [-0.25, -0.2) is 4.98 Å². The molecule has 2 aromatic rings. The highest BCUT2D eigenvalue weighted by Crippen LogP contribution is 2.28. The lowest BCUT2D eigenvalue weighted by atomic mass is 10.2. The molecular weight excluding hydrogens is 218 g/mol. The van der Waals surface area contributed by atoms with Gasteiger partial charge in [0.1, 0.15) is 5.65 Å². The molecule has 0 amide bonds. The van der Waals surface area contributed by atoms with Crippen molar-refractivity contribution in [1.29, 1.82) is 0 Å². The van der Waals surface area contributed by atoms with Gasteiger partial charge in [0.05, 0.1) is 5.69 Å². The number of hydrogen-bond acceptors (Lipinski definition) is 3. The second-order valence-corrected chi connectivity index (χ2v) is 5.71. The summed E-state index contributed by atoms with van der Waals surface area (Å²) in [6, 6.07) is 3.83. The highest BCUT2D eigenvalue weighted by atomic mass is 32.2. The third-order valence-corrected chi connectivity index (χ3v) is 4.39. The van der Waals surface area contributed by atoms with Crippen molar-refractivity contribution in [1.82, 2.24) is 9.38 Å². The van der Waals surface area contributed by atoms with Crippen molar-refractivity contribution in [2.24, 2.45) is 0 Å². The van der Waals surface area contributed by atoms with Crippen LogP contribution in [0.5, 0.6) is 0 Å². The Balaban J connectivity index is 1.86. The lowest BCUT2D eigenvalue weighted by Gasteiger charge is -2.03. The van der Waals surface area contributed by atoms with E-state index >= 15 is 0 Å². The van der Waals surface area contributed by atoms with Crippen LogP contribution in [0.25, 0.3) is 5.65 Å². The van der Waals surface area contributed by atoms with Gasteiger partial charge in [-0.05, 0) is 24.7 Å². The first kappa shape index (κ1) is 10.0. The second-order valence-electron chi connectivity index (χ2n) is 4.30. The zero-order chi connectivity index (χ0) is 11.0. The van der Waals surface area contributed by atoms with E-state index in [4.69, 9.17) is 5.73 Å². The molecule has 1 fully saturated rings. The lowest BCUT2D eigenvalue weighted by Crippen LogP contribution is -2.01. The zero-order valence-electron chi connectivity index (χ0n) is 9.10. The van der Waals surface area contributed by atoms with Crippen molar-refractivity contribution in [3.63, 3.8) is 0 Å². The number of nitrogens with two attached hydrogens (primary N) is 1. The molecule has 2 N–H and O–H groups in total. The summed E-state index contributed by atoms with van der Waals surface area (Å²) in [5, 5.41) is 0.766. The first-order valence-corrected chi connectivity index (χ1v) is 6.71. The van der Waals surface area contributed by atoms with Crippen LogP contribution in [0.15, 0.2) is 24.5 Å². The van der Waals surface area contributed by atoms with Gasteiger partial charge in [0, 0.05) is 35.8 Å². The Morgan fingerprint density at radius 3 is 3.31 bits per heavy atom. The monoisotopic (exact) mass is 233 g/mol. The van der Waals surface area contributed by atoms with Gasteiger partial charge >= 0.3 is 0 Å². The first-order valence-electron chi connectivity index (χ1n) is 5.66. The average molecular weight is 233 g/mol. The number of pyridine rings is 1. The first-order chi connectivity index (χ1) is 7.81. The van der Waals surface area contributed by atoms with E-state index in [-0.39, 0.29) is 0 Å². The molecule has 1 unspecified atom stereocenters. The molecule has 4 heteroatoms. The molecule has 84 valence electrons. The summed E-state index contributed by atoms with van der Waals surface area (Å²) in [5.41, 5.74) is 8.66. The van der Waals surface area contributed by atoms with E-state index in [1.54, 1.807) is 0 Å². The maximum absolute atomic E-state index is 5.74. The molecule has 2 aromatic heterocycles. The SMILES string of the molecule is Nc1ccn2cc(CC3CCCS3)nc2c1. The van der Waals surface area contributed by atoms with Crippen LogP contribution in [0.4, 0.5) is 5.69 Å². The highest BCUT2D eigenvalue weighted by Gasteiger charge is 2.17. The quantitative estimate of drug-likeness (QED) is 0.866. The van der Waals surface area contributed by atoms with Crippen LogP contribution in [-0.2, 0) is 6.42 Å². The Morgan fingerprint density at radius 1 is 1.56 bits per heavy atom. The molecule has 16 heavy (non-hydrogen) atoms. The van der Waals surface area contributed by atoms with Gasteiger partial charge in [0.2, 0.25) is 0 Å². The largest absolute Gasteiger partial charge is 0.399 e. The number of imidazole rings is 1. The van der Waals surface area contributed by atoms with Crippen LogP contribution >= 0.6 is 11.8 Å². The molecule has 3 rings (SSSR count). The number of anilines is 1. The topological polar surface area (TPSA) is 43.3 Å². The maximum Gasteiger partial charge on any atom is 0.139 e. The van der Waals surface area contributed by atoms with Gasteiger partial charge in [-0.15, -0.1) is 0 Å². The van der Waals surface area contributed by atoms with Crippen LogP contribution in [0.3, 0.4) is 0 Å². The van der Waals surface area contributed by atoms with Crippen molar-refractivity contribution in [2.75, 3.05) is 11.5 Å². The van der Waals surface area contributed by atoms with Crippen molar-refractivity contribution < 1.29 is 0 Å². The van der Waals surface area contributed by atoms with Crippen molar-refractivity contribution >= 4 is 23.1 Å². The van der Waals surface area contributed by atoms with E-state index in [0.717, 1.165) is 23.0 Å². The van der Waals surface area contributed by atoms with E-state index in [2.05, 4.69) is 22.9 Å². The summed E-state index contributed by atoms with van der Waals surface area (Å²) < 4.78 is 2.05. The molecule has 3 heterocycles. The molecule has 0 aromatic carbocycles. The Morgan fingerprint density at radius 2 is 2.50 bits per heavy atom. The van der Waals surface area contributed by atoms with Crippen LogP contribution in [-0.4, -0.2) is 20.4 Å². The zero-order valence-corrected chi connectivity index (χ0v) is 9.91. The lowest BCUT2D eigenvalue weighted by molar-refractivity contribution is 0.767. The molecule has 1 aliphatic heterocycles. The normalized spacial score (nSPS) is 20.6. The number of rotatable bonds is 2. The third-order valence-electron chi connectivity index (χ3n) is 2.99. The van der Waals surface area contributed by atoms with E-state index in [0.29, 0.717) is 0 Å². The van der Waals surface area contributed by atoms with E-state index in [9.17, 15) is 0 Å². The standard InChI is InChI=1S/C12H15N3S/c13-9-3-4-15-8-10(14-12(15)6-9)7-11-2-1-5-16-11/h3-4,6,8,11H,1-2,5,7,13H2. The number of hydrogen-bond donors (Lipinski definition) is 1. The fraction of sp³-hybridized carbons (Fsp3) is 0.417. The minimum absolute atomic E-state index is 0.766. The van der Waals surface area contributed by atoms with Gasteiger partial charge < -0.3 is 10.1 Å². The van der Waals surface area contributed by atoms with Gasteiger partial charge in [0.15, 0.2) is 0 Å². The van der Waals surface area contributed by atoms with Gasteiger partial charge in [-0.1, -0.05) is 0 Å². The molecule has 1 saturated heterocycles. The molecule has 0 aliphatic carbocycles. The maximum atomic E-state index is 5.74. The molecule has 1 aliphatic rings. The average Bonchev–Trinajstić information content (AvgIpc) is 2.86. The number of thioether (sulfide) groups is 1. The second kappa shape index (κ2) is 4.01. The van der Waals surface area contributed by atoms with Crippen molar-refractivity contribution in [2.45, 2.75) is 24.5 Å². The van der Waals surface area contributed by atoms with Crippen LogP contribution in [0, 0.1) is 0 Å². The summed E-state index contributed by atoms with van der Waals surface area (Å²) >= 11 is 2.08. The summed E-state index contributed by atoms with van der Waals surface area (Å²) in [6.45, 7) is 0. The van der Waals surface area contributed by atoms with Crippen molar-refractivity contribution in [3.8, 4) is 0 Å². The van der Waals surface area contributed by atoms with Crippen LogP contribution < -0.4 is 5.73 Å². The Kier molecular flexibility index (Phi) is 2.52. The van der Waals surface area contributed by atoms with E-state index in [1.165, 1.54) is 24.3 Å². The Bertz CT molecular complexity index is 500. The minimum atomic E-state index is 0.766. The van der Waals surface area contributed by atoms with E-state index in [1.807, 2.05) is 22.7 Å². The smallest absolute Gasteiger partial charge is 0.139 e. The molecule has 1 atom stereocenters. The molecule has 0 spiro atoms. The predicted molar refractivity (Wildman–Crippen MR) is 68.8 cm³/mol. The predicted octanol–water partition coefficient (Wildman–Crippen LogP) is 2.35. The molecule has 0 saturated carbocycles. The summed E-state index contributed by atoms with van der Waals surface area (Å²) in [5.74, 6) is 1.31. The number of nitrogens with zero attached hydrogens (tertiary/aromatic N) is 2. The number of aromatic nitrogens is 2. The van der Waals surface area contributed by atoms with Gasteiger partial charge in [-0.3, -0.25) is 0 Å². The van der Waals surface area contributed by atoms with Crippen LogP contribution in [0.2, 0.25) is 0 Å². The molecule has 3 nitrogen and oxygen atoms in total. The fourth-order valence-electron chi connectivity index (χ4n) is 2.19. The molecule has 0 radical (unpaired) electrons. The van der Waals surface area contributed by atoms with E-state index < -0.39 is 0 Å². The number of nitrogen functional groups attached to an aromatic ring is 1. The molecular formula is C12H15N3S. The van der Waals surface area contributed by atoms with Crippen molar-refractivity contribution in [3.05, 3.63) is 30.2 Å². The number of fused-ring (bicyclic) bond motifs is 1. The van der Waals surface area contributed by atoms with Gasteiger partial charge in [-0.2, -0.15) is 11.8 Å². The summed E-state index contributed by atoms with van der Waals surface area (Å²) in [6.07, 6.45) is 7.87. The molecule has 0 bridgehead atoms.